The van der Waals surface area contributed by atoms with Crippen LogP contribution >= 0.6 is 0 Å². The van der Waals surface area contributed by atoms with E-state index in [4.69, 9.17) is 0 Å². The monoisotopic (exact) mass is 266 g/mol. The molecule has 0 atom stereocenters. The number of carbonyl (C=O) groups is 1. The Hall–Kier alpha value is -1.29. The van der Waals surface area contributed by atoms with Gasteiger partial charge in [0.1, 0.15) is 0 Å². The van der Waals surface area contributed by atoms with Crippen molar-refractivity contribution in [2.24, 2.45) is 0 Å². The van der Waals surface area contributed by atoms with E-state index in [2.05, 4.69) is 9.88 Å². The number of rotatable bonds is 7. The Kier molecular flexibility index (Phi) is 5.60. The van der Waals surface area contributed by atoms with Crippen LogP contribution in [0, 0.1) is 5.82 Å². The molecule has 1 aromatic heterocycles. The maximum absolute atomic E-state index is 13.8. The number of likely N-dealkylation sites (N-methyl/N-ethyl adjacent to an activating group) is 1. The summed E-state index contributed by atoms with van der Waals surface area (Å²) in [6.45, 7) is 9.57. The van der Waals surface area contributed by atoms with Crippen molar-refractivity contribution in [3.63, 3.8) is 0 Å². The van der Waals surface area contributed by atoms with Gasteiger partial charge < -0.3 is 0 Å². The van der Waals surface area contributed by atoms with Crippen LogP contribution in [-0.4, -0.2) is 34.3 Å². The summed E-state index contributed by atoms with van der Waals surface area (Å²) >= 11 is 0. The molecule has 0 saturated carbocycles. The summed E-state index contributed by atoms with van der Waals surface area (Å²) < 4.78 is 13.8. The summed E-state index contributed by atoms with van der Waals surface area (Å²) in [5.74, 6) is -0.674. The van der Waals surface area contributed by atoms with Gasteiger partial charge in [0.05, 0.1) is 17.3 Å². The van der Waals surface area contributed by atoms with Crippen LogP contribution < -0.4 is 0 Å². The Bertz CT molecular complexity index is 426. The van der Waals surface area contributed by atoms with E-state index in [9.17, 15) is 9.18 Å². The minimum absolute atomic E-state index is 0.138. The van der Waals surface area contributed by atoms with Crippen LogP contribution in [0.4, 0.5) is 4.39 Å². The third kappa shape index (κ3) is 2.84. The largest absolute Gasteiger partial charge is 0.292 e. The number of aromatic nitrogens is 1. The van der Waals surface area contributed by atoms with Crippen molar-refractivity contribution < 1.29 is 9.18 Å². The van der Waals surface area contributed by atoms with Crippen molar-refractivity contribution in [1.29, 1.82) is 0 Å². The number of nitrogens with zero attached hydrogens (tertiary/aromatic N) is 2. The second-order valence-corrected chi connectivity index (χ2v) is 4.60. The van der Waals surface area contributed by atoms with E-state index in [1.54, 1.807) is 0 Å². The highest BCUT2D eigenvalue weighted by Gasteiger charge is 2.40. The first-order valence-corrected chi connectivity index (χ1v) is 6.96. The van der Waals surface area contributed by atoms with Crippen LogP contribution in [0.25, 0.3) is 0 Å². The number of halogens is 1. The molecule has 1 rings (SSSR count). The number of carbonyl (C=O) groups excluding carboxylic acids is 1. The van der Waals surface area contributed by atoms with E-state index in [1.807, 2.05) is 27.7 Å². The quantitative estimate of drug-likeness (QED) is 0.710. The number of ketones is 1. The molecule has 1 heterocycles. The van der Waals surface area contributed by atoms with E-state index < -0.39 is 11.4 Å². The van der Waals surface area contributed by atoms with Crippen molar-refractivity contribution in [2.75, 3.05) is 13.1 Å². The van der Waals surface area contributed by atoms with Crippen molar-refractivity contribution in [2.45, 2.75) is 46.1 Å². The molecule has 0 aliphatic heterocycles. The predicted octanol–water partition coefficient (Wildman–Crippen LogP) is 3.30. The molecule has 19 heavy (non-hydrogen) atoms. The highest BCUT2D eigenvalue weighted by atomic mass is 19.1. The lowest BCUT2D eigenvalue weighted by molar-refractivity contribution is 0.0530. The van der Waals surface area contributed by atoms with Crippen molar-refractivity contribution in [3.8, 4) is 0 Å². The molecule has 4 heteroatoms. The molecule has 0 radical (unpaired) electrons. The Morgan fingerprint density at radius 2 is 1.84 bits per heavy atom. The Morgan fingerprint density at radius 3 is 2.26 bits per heavy atom. The van der Waals surface area contributed by atoms with E-state index in [1.165, 1.54) is 12.3 Å². The second-order valence-electron chi connectivity index (χ2n) is 4.60. The van der Waals surface area contributed by atoms with Crippen LogP contribution in [-0.2, 0) is 0 Å². The molecule has 0 aromatic carbocycles. The molecule has 0 aliphatic carbocycles. The van der Waals surface area contributed by atoms with Gasteiger partial charge in [0.15, 0.2) is 11.6 Å². The van der Waals surface area contributed by atoms with Crippen molar-refractivity contribution in [1.82, 2.24) is 9.88 Å². The minimum atomic E-state index is -0.619. The van der Waals surface area contributed by atoms with Gasteiger partial charge in [-0.3, -0.25) is 14.7 Å². The maximum atomic E-state index is 13.8. The molecule has 0 amide bonds. The van der Waals surface area contributed by atoms with Gasteiger partial charge in [-0.15, -0.1) is 0 Å². The smallest absolute Gasteiger partial charge is 0.186 e. The van der Waals surface area contributed by atoms with E-state index in [-0.39, 0.29) is 11.3 Å². The van der Waals surface area contributed by atoms with Gasteiger partial charge in [0.25, 0.3) is 0 Å². The molecule has 0 bridgehead atoms. The summed E-state index contributed by atoms with van der Waals surface area (Å²) in [6.07, 6.45) is 3.91. The number of hydrogen-bond acceptors (Lipinski definition) is 3. The number of pyridine rings is 1. The van der Waals surface area contributed by atoms with Gasteiger partial charge in [-0.05, 0) is 32.0 Å². The third-order valence-electron chi connectivity index (χ3n) is 3.98. The summed E-state index contributed by atoms with van der Waals surface area (Å²) in [7, 11) is 0. The molecule has 0 unspecified atom stereocenters. The fourth-order valence-electron chi connectivity index (χ4n) is 2.80. The zero-order valence-corrected chi connectivity index (χ0v) is 12.2. The van der Waals surface area contributed by atoms with Gasteiger partial charge in [-0.2, -0.15) is 0 Å². The second kappa shape index (κ2) is 6.75. The molecule has 3 nitrogen and oxygen atoms in total. The Balaban J connectivity index is 3.26. The van der Waals surface area contributed by atoms with Crippen LogP contribution in [0.15, 0.2) is 18.5 Å². The third-order valence-corrected chi connectivity index (χ3v) is 3.98. The number of Topliss-reactive ketones (excluding diaryl/α,β-unsaturated/α-hetero) is 1. The molecule has 1 aromatic rings. The van der Waals surface area contributed by atoms with E-state index in [0.29, 0.717) is 12.8 Å². The zero-order chi connectivity index (χ0) is 14.5. The summed E-state index contributed by atoms with van der Waals surface area (Å²) in [5, 5.41) is 0. The first-order chi connectivity index (χ1) is 9.07. The predicted molar refractivity (Wildman–Crippen MR) is 74.8 cm³/mol. The number of hydrogen-bond donors (Lipinski definition) is 0. The molecule has 106 valence electrons. The molecule has 0 spiro atoms. The SMILES string of the molecule is CCN(CC)C(CC)(CC)C(=O)c1ccncc1F. The maximum Gasteiger partial charge on any atom is 0.186 e. The van der Waals surface area contributed by atoms with E-state index >= 15 is 0 Å². The average Bonchev–Trinajstić information content (AvgIpc) is 2.44. The fraction of sp³-hybridized carbons (Fsp3) is 0.600. The standard InChI is InChI=1S/C15H23FN2O/c1-5-15(6-2,18(7-3)8-4)14(19)12-9-10-17-11-13(12)16/h9-11H,5-8H2,1-4H3. The molecular weight excluding hydrogens is 243 g/mol. The fourth-order valence-corrected chi connectivity index (χ4v) is 2.80. The van der Waals surface area contributed by atoms with Crippen LogP contribution in [0.2, 0.25) is 0 Å². The van der Waals surface area contributed by atoms with Gasteiger partial charge in [0.2, 0.25) is 0 Å². The molecule has 0 fully saturated rings. The first-order valence-electron chi connectivity index (χ1n) is 6.96. The summed E-state index contributed by atoms with van der Waals surface area (Å²) in [6, 6.07) is 1.47. The van der Waals surface area contributed by atoms with E-state index in [0.717, 1.165) is 19.3 Å². The normalized spacial score (nSPS) is 11.9. The Labute approximate surface area is 114 Å². The lowest BCUT2D eigenvalue weighted by Crippen LogP contribution is -2.54. The van der Waals surface area contributed by atoms with Crippen LogP contribution in [0.3, 0.4) is 0 Å². The summed E-state index contributed by atoms with van der Waals surface area (Å²) in [5.41, 5.74) is -0.475. The summed E-state index contributed by atoms with van der Waals surface area (Å²) in [4.78, 5) is 18.6. The van der Waals surface area contributed by atoms with Crippen LogP contribution in [0.1, 0.15) is 50.9 Å². The minimum Gasteiger partial charge on any atom is -0.292 e. The molecular formula is C15H23FN2O. The lowest BCUT2D eigenvalue weighted by atomic mass is 9.82. The van der Waals surface area contributed by atoms with Crippen molar-refractivity contribution >= 4 is 5.78 Å². The van der Waals surface area contributed by atoms with Gasteiger partial charge in [-0.25, -0.2) is 4.39 Å². The highest BCUT2D eigenvalue weighted by Crippen LogP contribution is 2.29. The first kappa shape index (κ1) is 15.8. The average molecular weight is 266 g/mol. The van der Waals surface area contributed by atoms with Gasteiger partial charge in [0, 0.05) is 6.20 Å². The lowest BCUT2D eigenvalue weighted by Gasteiger charge is -2.41. The van der Waals surface area contributed by atoms with Crippen molar-refractivity contribution in [3.05, 3.63) is 29.8 Å². The van der Waals surface area contributed by atoms with Gasteiger partial charge in [-0.1, -0.05) is 27.7 Å². The Morgan fingerprint density at radius 1 is 1.26 bits per heavy atom. The zero-order valence-electron chi connectivity index (χ0n) is 12.2. The molecule has 0 saturated heterocycles. The molecule has 0 aliphatic rings. The van der Waals surface area contributed by atoms with Gasteiger partial charge >= 0.3 is 0 Å². The molecule has 0 N–H and O–H groups in total. The topological polar surface area (TPSA) is 33.2 Å². The highest BCUT2D eigenvalue weighted by molar-refractivity contribution is 6.03. The van der Waals surface area contributed by atoms with Crippen LogP contribution in [0.5, 0.6) is 0 Å².